The summed E-state index contributed by atoms with van der Waals surface area (Å²) in [5.74, 6) is 0.769. The zero-order valence-corrected chi connectivity index (χ0v) is 18.8. The van der Waals surface area contributed by atoms with E-state index in [9.17, 15) is 14.4 Å². The maximum Gasteiger partial charge on any atom is 0.306 e. The maximum absolute atomic E-state index is 12.3. The minimum Gasteiger partial charge on any atom is -0.458 e. The molecular weight excluding hydrogens is 400 g/mol. The highest BCUT2D eigenvalue weighted by Gasteiger charge is 2.83. The fourth-order valence-electron chi connectivity index (χ4n) is 8.57. The first-order valence-corrected chi connectivity index (χ1v) is 12.3. The van der Waals surface area contributed by atoms with Gasteiger partial charge in [-0.3, -0.25) is 14.4 Å². The van der Waals surface area contributed by atoms with E-state index in [1.165, 1.54) is 17.3 Å². The fourth-order valence-corrected chi connectivity index (χ4v) is 9.80. The van der Waals surface area contributed by atoms with Crippen LogP contribution in [0.1, 0.15) is 72.1 Å². The summed E-state index contributed by atoms with van der Waals surface area (Å²) in [6.07, 6.45) is 8.38. The molecule has 0 bridgehead atoms. The molecule has 4 aliphatic carbocycles. The molecule has 3 saturated carbocycles. The molecule has 0 aromatic carbocycles. The number of epoxide rings is 1. The summed E-state index contributed by atoms with van der Waals surface area (Å²) in [6, 6.07) is 0. The van der Waals surface area contributed by atoms with Gasteiger partial charge in [-0.25, -0.2) is 0 Å². The van der Waals surface area contributed by atoms with Crippen molar-refractivity contribution in [2.75, 3.05) is 0 Å². The number of fused-ring (bicyclic) bond motifs is 4. The number of ketones is 1. The first-order chi connectivity index (χ1) is 14.2. The Morgan fingerprint density at radius 3 is 2.67 bits per heavy atom. The van der Waals surface area contributed by atoms with E-state index in [0.29, 0.717) is 18.8 Å². The summed E-state index contributed by atoms with van der Waals surface area (Å²) >= 11 is 1.44. The summed E-state index contributed by atoms with van der Waals surface area (Å²) in [7, 11) is 0. The normalized spacial score (nSPS) is 53.4. The lowest BCUT2D eigenvalue weighted by Crippen LogP contribution is -2.63. The third-order valence-corrected chi connectivity index (χ3v) is 11.1. The Bertz CT molecular complexity index is 911. The van der Waals surface area contributed by atoms with Crippen LogP contribution in [0.3, 0.4) is 0 Å². The van der Waals surface area contributed by atoms with E-state index in [0.717, 1.165) is 38.5 Å². The van der Waals surface area contributed by atoms with E-state index < -0.39 is 0 Å². The van der Waals surface area contributed by atoms with E-state index in [-0.39, 0.29) is 56.2 Å². The second-order valence-corrected chi connectivity index (χ2v) is 12.4. The molecule has 6 aliphatic rings. The van der Waals surface area contributed by atoms with Crippen LogP contribution in [0, 0.1) is 22.7 Å². The van der Waals surface area contributed by atoms with E-state index in [2.05, 4.69) is 13.8 Å². The quantitative estimate of drug-likeness (QED) is 0.463. The molecule has 2 spiro atoms. The Morgan fingerprint density at radius 1 is 1.17 bits per heavy atom. The molecule has 0 aromatic rings. The van der Waals surface area contributed by atoms with Crippen molar-refractivity contribution in [2.24, 2.45) is 22.7 Å². The third-order valence-electron chi connectivity index (χ3n) is 9.97. The molecule has 6 heteroatoms. The zero-order valence-electron chi connectivity index (χ0n) is 18.0. The van der Waals surface area contributed by atoms with Gasteiger partial charge in [0.25, 0.3) is 0 Å². The average molecular weight is 431 g/mol. The second-order valence-electron chi connectivity index (χ2n) is 11.0. The Labute approximate surface area is 181 Å². The van der Waals surface area contributed by atoms with Gasteiger partial charge in [-0.2, -0.15) is 0 Å². The molecule has 30 heavy (non-hydrogen) atoms. The lowest BCUT2D eigenvalue weighted by molar-refractivity contribution is -0.164. The fraction of sp³-hybridized carbons (Fsp3) is 0.792. The lowest BCUT2D eigenvalue weighted by Gasteiger charge is -2.58. The molecule has 2 saturated heterocycles. The molecule has 6 rings (SSSR count). The third kappa shape index (κ3) is 2.13. The maximum atomic E-state index is 12.3. The van der Waals surface area contributed by atoms with Gasteiger partial charge in [0.1, 0.15) is 11.2 Å². The Morgan fingerprint density at radius 2 is 1.97 bits per heavy atom. The van der Waals surface area contributed by atoms with Crippen molar-refractivity contribution in [3.8, 4) is 0 Å². The molecule has 8 atom stereocenters. The van der Waals surface area contributed by atoms with Gasteiger partial charge in [0.05, 0.1) is 6.10 Å². The standard InChI is InChI=1S/C24H30O5S/c1-13(25)30-17-11-14-10-15(26)4-7-21(14,2)24-18(28-24)12-22(3)16(20(17)24)5-8-23(22)9-6-19(27)29-23/h10,16-18,20H,4-9,11-12H2,1-3H3/t16?,17-,18+,20?,21+,22+,23-,24-/m1/s1. The number of hydrogen-bond donors (Lipinski definition) is 0. The highest BCUT2D eigenvalue weighted by molar-refractivity contribution is 8.14. The van der Waals surface area contributed by atoms with E-state index in [4.69, 9.17) is 9.47 Å². The number of esters is 1. The van der Waals surface area contributed by atoms with E-state index in [1.807, 2.05) is 6.08 Å². The van der Waals surface area contributed by atoms with Gasteiger partial charge in [-0.1, -0.05) is 31.2 Å². The summed E-state index contributed by atoms with van der Waals surface area (Å²) in [5, 5.41) is 0.251. The Balaban J connectivity index is 1.47. The van der Waals surface area contributed by atoms with Crippen molar-refractivity contribution in [3.63, 3.8) is 0 Å². The molecule has 2 aliphatic heterocycles. The molecule has 162 valence electrons. The van der Waals surface area contributed by atoms with Crippen molar-refractivity contribution in [2.45, 2.75) is 94.7 Å². The van der Waals surface area contributed by atoms with Crippen LogP contribution >= 0.6 is 11.8 Å². The van der Waals surface area contributed by atoms with Crippen LogP contribution in [0.4, 0.5) is 0 Å². The van der Waals surface area contributed by atoms with Gasteiger partial charge >= 0.3 is 5.97 Å². The van der Waals surface area contributed by atoms with Crippen LogP contribution in [0.2, 0.25) is 0 Å². The number of ether oxygens (including phenoxy) is 2. The molecule has 2 unspecified atom stereocenters. The predicted molar refractivity (Wildman–Crippen MR) is 112 cm³/mol. The van der Waals surface area contributed by atoms with E-state index in [1.54, 1.807) is 6.92 Å². The molecule has 5 fully saturated rings. The predicted octanol–water partition coefficient (Wildman–Crippen LogP) is 3.98. The highest BCUT2D eigenvalue weighted by atomic mass is 32.2. The summed E-state index contributed by atoms with van der Waals surface area (Å²) in [4.78, 5) is 36.6. The molecule has 0 radical (unpaired) electrons. The Kier molecular flexibility index (Phi) is 3.78. The van der Waals surface area contributed by atoms with Gasteiger partial charge in [-0.05, 0) is 50.5 Å². The highest BCUT2D eigenvalue weighted by Crippen LogP contribution is 2.78. The largest absolute Gasteiger partial charge is 0.458 e. The van der Waals surface area contributed by atoms with Crippen LogP contribution in [-0.2, 0) is 23.9 Å². The SMILES string of the molecule is CC(=O)S[C@@H]1CC2=CC(=O)CC[C@]2(C)[C@@]23O[C@H]2C[C@@]2(C)C(CC[C@@]24CCC(=O)O4)C13. The van der Waals surface area contributed by atoms with Crippen molar-refractivity contribution in [3.05, 3.63) is 11.6 Å². The van der Waals surface area contributed by atoms with Gasteiger partial charge < -0.3 is 9.47 Å². The van der Waals surface area contributed by atoms with Gasteiger partial charge in [-0.15, -0.1) is 0 Å². The average Bonchev–Trinajstić information content (AvgIpc) is 3.15. The van der Waals surface area contributed by atoms with Gasteiger partial charge in [0.2, 0.25) is 0 Å². The van der Waals surface area contributed by atoms with Crippen molar-refractivity contribution in [1.82, 2.24) is 0 Å². The molecule has 0 N–H and O–H groups in total. The van der Waals surface area contributed by atoms with Gasteiger partial charge in [0, 0.05) is 41.8 Å². The summed E-state index contributed by atoms with van der Waals surface area (Å²) in [6.45, 7) is 6.27. The monoisotopic (exact) mass is 430 g/mol. The molecule has 5 nitrogen and oxygen atoms in total. The molecule has 0 aromatic heterocycles. The van der Waals surface area contributed by atoms with Crippen molar-refractivity contribution in [1.29, 1.82) is 0 Å². The van der Waals surface area contributed by atoms with Crippen LogP contribution in [0.15, 0.2) is 11.6 Å². The number of rotatable bonds is 1. The van der Waals surface area contributed by atoms with Crippen molar-refractivity contribution >= 4 is 28.6 Å². The van der Waals surface area contributed by atoms with E-state index >= 15 is 0 Å². The number of thioether (sulfide) groups is 1. The minimum absolute atomic E-state index is 0.0632. The second kappa shape index (κ2) is 5.80. The topological polar surface area (TPSA) is 73.0 Å². The van der Waals surface area contributed by atoms with Gasteiger partial charge in [0.15, 0.2) is 10.9 Å². The van der Waals surface area contributed by atoms with Crippen LogP contribution < -0.4 is 0 Å². The zero-order chi connectivity index (χ0) is 21.1. The van der Waals surface area contributed by atoms with Crippen molar-refractivity contribution < 1.29 is 23.9 Å². The first-order valence-electron chi connectivity index (χ1n) is 11.5. The lowest BCUT2D eigenvalue weighted by atomic mass is 9.46. The minimum atomic E-state index is -0.363. The molecular formula is C24H30O5S. The molecule has 0 amide bonds. The number of carbonyl (C=O) groups is 3. The van der Waals surface area contributed by atoms with Crippen LogP contribution in [0.25, 0.3) is 0 Å². The van der Waals surface area contributed by atoms with Crippen LogP contribution in [-0.4, -0.2) is 39.4 Å². The summed E-state index contributed by atoms with van der Waals surface area (Å²) < 4.78 is 12.8. The Hall–Kier alpha value is -1.14. The first kappa shape index (κ1) is 19.5. The molecule has 2 heterocycles. The summed E-state index contributed by atoms with van der Waals surface area (Å²) in [5.41, 5.74) is 0.320. The number of hydrogen-bond acceptors (Lipinski definition) is 6. The smallest absolute Gasteiger partial charge is 0.306 e. The number of carbonyl (C=O) groups excluding carboxylic acids is 3. The van der Waals surface area contributed by atoms with Crippen LogP contribution in [0.5, 0.6) is 0 Å².